The van der Waals surface area contributed by atoms with Crippen LogP contribution in [-0.2, 0) is 0 Å². The molecule has 0 atom stereocenters. The SMILES string of the molecule is c1ccc(-c2nc(-c3ccc(-c4ccccc4)c4ccccc34)nc(-c3ccc(-c4cccc5ccccc45)c4oc5ccccc5c34)n2)cc1. The zero-order valence-electron chi connectivity index (χ0n) is 27.5. The Labute approximate surface area is 294 Å². The molecule has 0 N–H and O–H groups in total. The van der Waals surface area contributed by atoms with E-state index in [1.165, 1.54) is 21.9 Å². The predicted octanol–water partition coefficient (Wildman–Crippen LogP) is 12.4. The standard InChI is InChI=1S/C47H29N3O/c1-3-14-30(15-4-1)34-26-28-39(37-22-10-9-21-35(34)37)46-48-45(32-17-5-2-6-18-32)49-47(50-46)41-29-27-38(36-24-13-19-31-16-7-8-20-33(31)36)44-43(41)40-23-11-12-25-42(40)51-44/h1-29H. The first kappa shape index (κ1) is 29.0. The fraction of sp³-hybridized carbons (Fsp3) is 0. The number of para-hydroxylation sites is 1. The van der Waals surface area contributed by atoms with Crippen LogP contribution in [-0.4, -0.2) is 15.0 Å². The Morgan fingerprint density at radius 1 is 0.314 bits per heavy atom. The molecule has 2 heterocycles. The fourth-order valence-electron chi connectivity index (χ4n) is 7.38. The largest absolute Gasteiger partial charge is 0.455 e. The summed E-state index contributed by atoms with van der Waals surface area (Å²) in [6.07, 6.45) is 0. The Balaban J connectivity index is 1.25. The molecule has 0 amide bonds. The minimum absolute atomic E-state index is 0.594. The summed E-state index contributed by atoms with van der Waals surface area (Å²) in [5.74, 6) is 1.83. The van der Waals surface area contributed by atoms with Crippen LogP contribution in [0.5, 0.6) is 0 Å². The minimum Gasteiger partial charge on any atom is -0.455 e. The Bertz CT molecular complexity index is 2910. The van der Waals surface area contributed by atoms with Gasteiger partial charge in [-0.15, -0.1) is 0 Å². The van der Waals surface area contributed by atoms with Crippen LogP contribution in [0.1, 0.15) is 0 Å². The van der Waals surface area contributed by atoms with Crippen molar-refractivity contribution in [1.29, 1.82) is 0 Å². The van der Waals surface area contributed by atoms with Crippen LogP contribution in [0.25, 0.3) is 99.9 Å². The van der Waals surface area contributed by atoms with Crippen molar-refractivity contribution < 1.29 is 4.42 Å². The zero-order chi connectivity index (χ0) is 33.7. The molecular weight excluding hydrogens is 623 g/mol. The molecule has 0 aliphatic carbocycles. The van der Waals surface area contributed by atoms with E-state index in [4.69, 9.17) is 19.4 Å². The van der Waals surface area contributed by atoms with Gasteiger partial charge in [-0.05, 0) is 62.5 Å². The van der Waals surface area contributed by atoms with Crippen molar-refractivity contribution in [3.05, 3.63) is 176 Å². The summed E-state index contributed by atoms with van der Waals surface area (Å²) in [7, 11) is 0. The molecule has 10 aromatic rings. The molecule has 0 saturated heterocycles. The van der Waals surface area contributed by atoms with Crippen molar-refractivity contribution in [2.75, 3.05) is 0 Å². The van der Waals surface area contributed by atoms with E-state index < -0.39 is 0 Å². The van der Waals surface area contributed by atoms with Crippen LogP contribution < -0.4 is 0 Å². The van der Waals surface area contributed by atoms with E-state index in [1.54, 1.807) is 0 Å². The van der Waals surface area contributed by atoms with Crippen LogP contribution in [0.4, 0.5) is 0 Å². The van der Waals surface area contributed by atoms with Crippen molar-refractivity contribution in [3.8, 4) is 56.4 Å². The summed E-state index contributed by atoms with van der Waals surface area (Å²) >= 11 is 0. The molecule has 238 valence electrons. The molecule has 0 aliphatic heterocycles. The highest BCUT2D eigenvalue weighted by atomic mass is 16.3. The summed E-state index contributed by atoms with van der Waals surface area (Å²) in [5, 5.41) is 6.59. The second-order valence-corrected chi connectivity index (χ2v) is 12.7. The Kier molecular flexibility index (Phi) is 6.78. The van der Waals surface area contributed by atoms with Crippen LogP contribution in [0.3, 0.4) is 0 Å². The number of hydrogen-bond acceptors (Lipinski definition) is 4. The minimum atomic E-state index is 0.594. The number of furan rings is 1. The molecule has 4 nitrogen and oxygen atoms in total. The van der Waals surface area contributed by atoms with Gasteiger partial charge in [-0.3, -0.25) is 0 Å². The molecule has 4 heteroatoms. The number of nitrogens with zero attached hydrogens (tertiary/aromatic N) is 3. The van der Waals surface area contributed by atoms with Gasteiger partial charge in [0.05, 0.1) is 0 Å². The van der Waals surface area contributed by atoms with Gasteiger partial charge in [0.1, 0.15) is 11.2 Å². The second kappa shape index (κ2) is 11.9. The number of aromatic nitrogens is 3. The normalized spacial score (nSPS) is 11.5. The van der Waals surface area contributed by atoms with Crippen molar-refractivity contribution in [3.63, 3.8) is 0 Å². The first-order chi connectivity index (χ1) is 25.3. The first-order valence-corrected chi connectivity index (χ1v) is 17.1. The van der Waals surface area contributed by atoms with Crippen molar-refractivity contribution in [2.24, 2.45) is 0 Å². The smallest absolute Gasteiger partial charge is 0.164 e. The van der Waals surface area contributed by atoms with Gasteiger partial charge in [-0.1, -0.05) is 152 Å². The lowest BCUT2D eigenvalue weighted by Crippen LogP contribution is -2.01. The van der Waals surface area contributed by atoms with E-state index in [0.29, 0.717) is 17.5 Å². The van der Waals surface area contributed by atoms with E-state index in [0.717, 1.165) is 60.5 Å². The highest BCUT2D eigenvalue weighted by Crippen LogP contribution is 2.43. The Hall–Kier alpha value is -6.91. The number of fused-ring (bicyclic) bond motifs is 5. The molecule has 0 bridgehead atoms. The van der Waals surface area contributed by atoms with Gasteiger partial charge in [0.2, 0.25) is 0 Å². The van der Waals surface area contributed by atoms with Crippen molar-refractivity contribution >= 4 is 43.5 Å². The molecule has 0 unspecified atom stereocenters. The highest BCUT2D eigenvalue weighted by molar-refractivity contribution is 6.17. The first-order valence-electron chi connectivity index (χ1n) is 17.1. The van der Waals surface area contributed by atoms with Gasteiger partial charge in [0.15, 0.2) is 17.5 Å². The lowest BCUT2D eigenvalue weighted by atomic mass is 9.94. The number of benzene rings is 8. The van der Waals surface area contributed by atoms with Gasteiger partial charge < -0.3 is 4.42 Å². The van der Waals surface area contributed by atoms with E-state index in [9.17, 15) is 0 Å². The van der Waals surface area contributed by atoms with E-state index >= 15 is 0 Å². The summed E-state index contributed by atoms with van der Waals surface area (Å²) < 4.78 is 6.72. The summed E-state index contributed by atoms with van der Waals surface area (Å²) in [5.41, 5.74) is 8.89. The van der Waals surface area contributed by atoms with E-state index in [2.05, 4.69) is 127 Å². The van der Waals surface area contributed by atoms with Gasteiger partial charge in [-0.25, -0.2) is 15.0 Å². The summed E-state index contributed by atoms with van der Waals surface area (Å²) in [6.45, 7) is 0. The molecule has 0 fully saturated rings. The average molecular weight is 652 g/mol. The average Bonchev–Trinajstić information content (AvgIpc) is 3.60. The number of hydrogen-bond donors (Lipinski definition) is 0. The third-order valence-corrected chi connectivity index (χ3v) is 9.76. The van der Waals surface area contributed by atoms with E-state index in [-0.39, 0.29) is 0 Å². The van der Waals surface area contributed by atoms with Gasteiger partial charge in [0, 0.05) is 33.0 Å². The monoisotopic (exact) mass is 651 g/mol. The summed E-state index contributed by atoms with van der Waals surface area (Å²) in [4.78, 5) is 15.6. The summed E-state index contributed by atoms with van der Waals surface area (Å²) in [6, 6.07) is 60.9. The van der Waals surface area contributed by atoms with Crippen molar-refractivity contribution in [2.45, 2.75) is 0 Å². The topological polar surface area (TPSA) is 51.8 Å². The van der Waals surface area contributed by atoms with Crippen LogP contribution in [0, 0.1) is 0 Å². The molecular formula is C47H29N3O. The van der Waals surface area contributed by atoms with Gasteiger partial charge in [0.25, 0.3) is 0 Å². The maximum Gasteiger partial charge on any atom is 0.164 e. The van der Waals surface area contributed by atoms with Crippen LogP contribution >= 0.6 is 0 Å². The third kappa shape index (κ3) is 4.88. The molecule has 0 radical (unpaired) electrons. The lowest BCUT2D eigenvalue weighted by Gasteiger charge is -2.14. The second-order valence-electron chi connectivity index (χ2n) is 12.7. The molecule has 51 heavy (non-hydrogen) atoms. The molecule has 0 saturated carbocycles. The Morgan fingerprint density at radius 2 is 0.843 bits per heavy atom. The highest BCUT2D eigenvalue weighted by Gasteiger charge is 2.22. The Morgan fingerprint density at radius 3 is 1.63 bits per heavy atom. The van der Waals surface area contributed by atoms with Crippen LogP contribution in [0.2, 0.25) is 0 Å². The van der Waals surface area contributed by atoms with Crippen LogP contribution in [0.15, 0.2) is 180 Å². The van der Waals surface area contributed by atoms with Gasteiger partial charge in [-0.2, -0.15) is 0 Å². The maximum absolute atomic E-state index is 6.72. The number of rotatable bonds is 5. The van der Waals surface area contributed by atoms with Gasteiger partial charge >= 0.3 is 0 Å². The quantitative estimate of drug-likeness (QED) is 0.186. The molecule has 8 aromatic carbocycles. The lowest BCUT2D eigenvalue weighted by molar-refractivity contribution is 0.670. The predicted molar refractivity (Wildman–Crippen MR) is 209 cm³/mol. The third-order valence-electron chi connectivity index (χ3n) is 9.76. The maximum atomic E-state index is 6.72. The zero-order valence-corrected chi connectivity index (χ0v) is 27.5. The fourth-order valence-corrected chi connectivity index (χ4v) is 7.38. The molecule has 0 spiro atoms. The van der Waals surface area contributed by atoms with Crippen molar-refractivity contribution in [1.82, 2.24) is 15.0 Å². The molecule has 0 aliphatic rings. The van der Waals surface area contributed by atoms with E-state index in [1.807, 2.05) is 48.5 Å². The molecule has 10 rings (SSSR count). The molecule has 2 aromatic heterocycles.